The van der Waals surface area contributed by atoms with Gasteiger partial charge in [0.15, 0.2) is 0 Å². The second-order valence-electron chi connectivity index (χ2n) is 5.21. The number of anilines is 2. The van der Waals surface area contributed by atoms with E-state index in [2.05, 4.69) is 28.2 Å². The molecular formula is C15H25N5S. The molecule has 0 atom stereocenters. The molecule has 1 aromatic carbocycles. The molecular weight excluding hydrogens is 282 g/mol. The highest BCUT2D eigenvalue weighted by Gasteiger charge is 2.16. The van der Waals surface area contributed by atoms with E-state index in [0.29, 0.717) is 6.04 Å². The molecule has 6 heteroatoms. The van der Waals surface area contributed by atoms with Crippen molar-refractivity contribution in [2.24, 2.45) is 11.6 Å². The van der Waals surface area contributed by atoms with Gasteiger partial charge in [0.05, 0.1) is 11.4 Å². The summed E-state index contributed by atoms with van der Waals surface area (Å²) in [5, 5.41) is 5.19. The van der Waals surface area contributed by atoms with Gasteiger partial charge >= 0.3 is 0 Å². The van der Waals surface area contributed by atoms with Gasteiger partial charge in [0.2, 0.25) is 0 Å². The Kier molecular flexibility index (Phi) is 6.22. The van der Waals surface area contributed by atoms with Crippen LogP contribution >= 0.6 is 11.9 Å². The summed E-state index contributed by atoms with van der Waals surface area (Å²) in [4.78, 5) is 1.11. The lowest BCUT2D eigenvalue weighted by Gasteiger charge is -2.27. The molecule has 116 valence electrons. The lowest BCUT2D eigenvalue weighted by atomic mass is 9.95. The van der Waals surface area contributed by atoms with Gasteiger partial charge in [0.1, 0.15) is 0 Å². The van der Waals surface area contributed by atoms with E-state index < -0.39 is 0 Å². The average Bonchev–Trinajstić information content (AvgIpc) is 2.50. The van der Waals surface area contributed by atoms with Gasteiger partial charge in [0, 0.05) is 23.3 Å². The zero-order valence-corrected chi connectivity index (χ0v) is 13.3. The largest absolute Gasteiger partial charge is 0.403 e. The number of hydrogen-bond acceptors (Lipinski definition) is 6. The summed E-state index contributed by atoms with van der Waals surface area (Å²) in [6.07, 6.45) is 9.51. The van der Waals surface area contributed by atoms with E-state index in [1.54, 1.807) is 23.2 Å². The van der Waals surface area contributed by atoms with Crippen LogP contribution in [0.3, 0.4) is 0 Å². The van der Waals surface area contributed by atoms with Crippen LogP contribution in [-0.4, -0.2) is 13.1 Å². The maximum Gasteiger partial charge on any atom is 0.0811 e. The van der Waals surface area contributed by atoms with Crippen LogP contribution in [0.2, 0.25) is 0 Å². The summed E-state index contributed by atoms with van der Waals surface area (Å²) in [5.74, 6) is 6.07. The second-order valence-corrected chi connectivity index (χ2v) is 6.30. The fraction of sp³-hybridized carbons (Fsp3) is 0.467. The molecule has 1 saturated carbocycles. The predicted molar refractivity (Wildman–Crippen MR) is 91.8 cm³/mol. The summed E-state index contributed by atoms with van der Waals surface area (Å²) in [6.45, 7) is 0. The molecule has 0 bridgehead atoms. The maximum absolute atomic E-state index is 6.07. The molecule has 0 aliphatic heterocycles. The number of hydrogen-bond donors (Lipinski definition) is 4. The summed E-state index contributed by atoms with van der Waals surface area (Å²) in [5.41, 5.74) is 7.45. The van der Waals surface area contributed by atoms with Crippen LogP contribution in [0.5, 0.6) is 0 Å². The van der Waals surface area contributed by atoms with Crippen LogP contribution in [0.25, 0.3) is 0 Å². The Morgan fingerprint density at radius 2 is 2.05 bits per heavy atom. The maximum atomic E-state index is 6.07. The Morgan fingerprint density at radius 1 is 1.29 bits per heavy atom. The minimum atomic E-state index is 0.538. The third-order valence-corrected chi connectivity index (χ3v) is 4.37. The summed E-state index contributed by atoms with van der Waals surface area (Å²) < 4.78 is 3.08. The average molecular weight is 307 g/mol. The molecule has 0 unspecified atom stereocenters. The van der Waals surface area contributed by atoms with Gasteiger partial charge in [-0.1, -0.05) is 19.3 Å². The van der Waals surface area contributed by atoms with Gasteiger partial charge in [-0.05, 0) is 50.0 Å². The van der Waals surface area contributed by atoms with Crippen LogP contribution in [0, 0.1) is 0 Å². The third kappa shape index (κ3) is 4.56. The molecule has 1 aromatic rings. The highest BCUT2D eigenvalue weighted by molar-refractivity contribution is 7.97. The number of nitrogens with zero attached hydrogens (tertiary/aromatic N) is 1. The summed E-state index contributed by atoms with van der Waals surface area (Å²) in [6, 6.07) is 6.78. The van der Waals surface area contributed by atoms with Gasteiger partial charge in [0.25, 0.3) is 0 Å². The van der Waals surface area contributed by atoms with Gasteiger partial charge in [-0.25, -0.2) is 5.84 Å². The van der Waals surface area contributed by atoms with Crippen molar-refractivity contribution in [2.45, 2.75) is 43.0 Å². The van der Waals surface area contributed by atoms with E-state index in [1.165, 1.54) is 38.3 Å². The van der Waals surface area contributed by atoms with Gasteiger partial charge in [-0.15, -0.1) is 0 Å². The smallest absolute Gasteiger partial charge is 0.0811 e. The fourth-order valence-corrected chi connectivity index (χ4v) is 3.21. The Balaban J connectivity index is 2.20. The molecule has 0 spiro atoms. The van der Waals surface area contributed by atoms with Gasteiger partial charge in [-0.2, -0.15) is 0 Å². The molecule has 1 fully saturated rings. The molecule has 6 N–H and O–H groups in total. The zero-order chi connectivity index (χ0) is 15.1. The third-order valence-electron chi connectivity index (χ3n) is 3.68. The summed E-state index contributed by atoms with van der Waals surface area (Å²) >= 11 is 1.56. The first-order valence-electron chi connectivity index (χ1n) is 7.41. The Hall–Kier alpha value is -1.37. The predicted octanol–water partition coefficient (Wildman–Crippen LogP) is 2.77. The molecule has 1 aliphatic carbocycles. The normalized spacial score (nSPS) is 16.3. The molecule has 2 rings (SSSR count). The monoisotopic (exact) mass is 307 g/mol. The van der Waals surface area contributed by atoms with E-state index in [1.807, 2.05) is 7.05 Å². The van der Waals surface area contributed by atoms with Crippen molar-refractivity contribution in [3.63, 3.8) is 0 Å². The van der Waals surface area contributed by atoms with E-state index in [9.17, 15) is 0 Å². The number of nitrogens with two attached hydrogens (primary N) is 2. The van der Waals surface area contributed by atoms with Crippen molar-refractivity contribution < 1.29 is 0 Å². The topological polar surface area (TPSA) is 79.3 Å². The molecule has 0 saturated heterocycles. The number of rotatable bonds is 6. The molecule has 0 radical (unpaired) electrons. The molecule has 1 aliphatic rings. The van der Waals surface area contributed by atoms with Gasteiger partial charge < -0.3 is 11.1 Å². The number of benzene rings is 1. The lowest BCUT2D eigenvalue weighted by Crippen LogP contribution is -2.28. The lowest BCUT2D eigenvalue weighted by molar-refractivity contribution is 0.463. The number of nitrogens with one attached hydrogen (secondary N) is 2. The first-order chi connectivity index (χ1) is 10.2. The molecule has 0 heterocycles. The van der Waals surface area contributed by atoms with Crippen LogP contribution in [0.15, 0.2) is 35.5 Å². The molecule has 5 nitrogen and oxygen atoms in total. The quantitative estimate of drug-likeness (QED) is 0.368. The van der Waals surface area contributed by atoms with Crippen molar-refractivity contribution in [1.82, 2.24) is 4.72 Å². The molecule has 0 amide bonds. The zero-order valence-electron chi connectivity index (χ0n) is 12.5. The van der Waals surface area contributed by atoms with Crippen molar-refractivity contribution in [2.75, 3.05) is 17.4 Å². The van der Waals surface area contributed by atoms with E-state index in [4.69, 9.17) is 11.6 Å². The number of hydrazine groups is 1. The van der Waals surface area contributed by atoms with E-state index in [0.717, 1.165) is 16.3 Å². The Labute approximate surface area is 131 Å². The van der Waals surface area contributed by atoms with Crippen molar-refractivity contribution in [3.05, 3.63) is 30.6 Å². The minimum absolute atomic E-state index is 0.538. The van der Waals surface area contributed by atoms with Crippen LogP contribution in [-0.2, 0) is 0 Å². The highest BCUT2D eigenvalue weighted by Crippen LogP contribution is 2.32. The van der Waals surface area contributed by atoms with Crippen molar-refractivity contribution in [3.8, 4) is 0 Å². The van der Waals surface area contributed by atoms with Crippen molar-refractivity contribution >= 4 is 23.3 Å². The first kappa shape index (κ1) is 16.0. The SMILES string of the molecule is CNSc1ccc(NC2CCCCC2)c(N(N)/C=C\N)c1. The Morgan fingerprint density at radius 3 is 2.71 bits per heavy atom. The minimum Gasteiger partial charge on any atom is -0.403 e. The first-order valence-corrected chi connectivity index (χ1v) is 8.22. The molecule has 21 heavy (non-hydrogen) atoms. The van der Waals surface area contributed by atoms with Crippen LogP contribution in [0.1, 0.15) is 32.1 Å². The van der Waals surface area contributed by atoms with Crippen molar-refractivity contribution in [1.29, 1.82) is 0 Å². The Bertz CT molecular complexity index is 471. The van der Waals surface area contributed by atoms with Crippen LogP contribution in [0.4, 0.5) is 11.4 Å². The van der Waals surface area contributed by atoms with Gasteiger partial charge in [-0.3, -0.25) is 9.73 Å². The summed E-state index contributed by atoms with van der Waals surface area (Å²) in [7, 11) is 1.90. The van der Waals surface area contributed by atoms with E-state index in [-0.39, 0.29) is 0 Å². The standard InChI is InChI=1S/C15H25N5S/c1-18-21-13-7-8-14(15(11-13)20(17)10-9-16)19-12-5-3-2-4-6-12/h7-12,18-19H,2-6,16-17H2,1H3/b10-9-. The van der Waals surface area contributed by atoms with Crippen LogP contribution < -0.4 is 26.6 Å². The second kappa shape index (κ2) is 8.17. The molecule has 0 aromatic heterocycles. The fourth-order valence-electron chi connectivity index (χ4n) is 2.67. The highest BCUT2D eigenvalue weighted by atomic mass is 32.2. The van der Waals surface area contributed by atoms with E-state index >= 15 is 0 Å².